The molecule has 0 saturated carbocycles. The van der Waals surface area contributed by atoms with Gasteiger partial charge in [0.1, 0.15) is 17.0 Å². The Kier molecular flexibility index (Phi) is 12.7. The smallest absolute Gasteiger partial charge is 0.326 e. The fourth-order valence-electron chi connectivity index (χ4n) is 4.94. The zero-order chi connectivity index (χ0) is 35.7. The minimum atomic E-state index is -1.61. The van der Waals surface area contributed by atoms with Crippen LogP contribution >= 0.6 is 23.2 Å². The van der Waals surface area contributed by atoms with E-state index in [-0.39, 0.29) is 35.7 Å². The molecule has 2 heterocycles. The van der Waals surface area contributed by atoms with E-state index in [2.05, 4.69) is 37.5 Å². The molecule has 3 aromatic rings. The number of halogens is 2. The third kappa shape index (κ3) is 8.94. The summed E-state index contributed by atoms with van der Waals surface area (Å²) in [7, 11) is 2.92. The van der Waals surface area contributed by atoms with Crippen molar-refractivity contribution in [2.75, 3.05) is 33.9 Å². The van der Waals surface area contributed by atoms with Crippen LogP contribution in [0.5, 0.6) is 5.88 Å². The summed E-state index contributed by atoms with van der Waals surface area (Å²) in [5.41, 5.74) is 8.71. The van der Waals surface area contributed by atoms with Gasteiger partial charge in [0, 0.05) is 54.4 Å². The number of aliphatic carboxylic acids is 1. The molecule has 1 unspecified atom stereocenters. The molecular weight excluding hydrogens is 673 g/mol. The van der Waals surface area contributed by atoms with Gasteiger partial charge in [-0.05, 0) is 13.3 Å². The number of ether oxygens (including phenoxy) is 2. The van der Waals surface area contributed by atoms with Gasteiger partial charge in [-0.2, -0.15) is 0 Å². The molecule has 2 aromatic carbocycles. The molecule has 1 saturated heterocycles. The van der Waals surface area contributed by atoms with Gasteiger partial charge in [0.2, 0.25) is 11.8 Å². The van der Waals surface area contributed by atoms with Crippen molar-refractivity contribution in [1.29, 1.82) is 0 Å². The van der Waals surface area contributed by atoms with E-state index >= 15 is 0 Å². The monoisotopic (exact) mass is 711 g/mol. The van der Waals surface area contributed by atoms with Gasteiger partial charge in [0.25, 0.3) is 0 Å². The number of rotatable bonds is 16. The summed E-state index contributed by atoms with van der Waals surface area (Å²) in [6.45, 7) is 5.43. The van der Waals surface area contributed by atoms with Crippen LogP contribution in [0.3, 0.4) is 0 Å². The van der Waals surface area contributed by atoms with E-state index in [9.17, 15) is 19.8 Å². The number of nitrogens with zero attached hydrogens (tertiary/aromatic N) is 3. The maximum Gasteiger partial charge on any atom is 0.326 e. The number of carbonyl (C=O) groups excluding carboxylic acids is 1. The number of methoxy groups -OCH3 is 2. The fraction of sp³-hybridized carbons (Fsp3) is 0.324. The number of carboxylic acids is 1. The molecule has 260 valence electrons. The molecule has 1 aliphatic rings. The predicted molar refractivity (Wildman–Crippen MR) is 189 cm³/mol. The normalized spacial score (nSPS) is 16.2. The predicted octanol–water partition coefficient (Wildman–Crippen LogP) is 3.78. The van der Waals surface area contributed by atoms with Gasteiger partial charge in [0.15, 0.2) is 0 Å². The summed E-state index contributed by atoms with van der Waals surface area (Å²) in [5, 5.41) is 28.7. The maximum absolute atomic E-state index is 11.6. The number of carbonyl (C=O) groups is 2. The van der Waals surface area contributed by atoms with Crippen molar-refractivity contribution < 1.29 is 29.3 Å². The van der Waals surface area contributed by atoms with Crippen LogP contribution in [0, 0.1) is 0 Å². The Balaban J connectivity index is 1.59. The van der Waals surface area contributed by atoms with Gasteiger partial charge in [0.05, 0.1) is 60.4 Å². The average molecular weight is 713 g/mol. The SMILES string of the molecule is C=C(OC)/C(CNC(C)(CO)C(=O)O)=N\C=C(/N)c1cccc(-c2cccc(-c3cnc(CNC[C@@H]4CCC(=O)N4)c(OC)n3)c2Cl)c1Cl. The molecule has 0 radical (unpaired) electrons. The fourth-order valence-corrected chi connectivity index (χ4v) is 5.60. The van der Waals surface area contributed by atoms with Crippen LogP contribution in [0.4, 0.5) is 0 Å². The summed E-state index contributed by atoms with van der Waals surface area (Å²) in [5.74, 6) is -0.656. The van der Waals surface area contributed by atoms with E-state index in [1.165, 1.54) is 27.3 Å². The Labute approximate surface area is 294 Å². The Morgan fingerprint density at radius 3 is 2.53 bits per heavy atom. The van der Waals surface area contributed by atoms with E-state index in [1.807, 2.05) is 24.3 Å². The van der Waals surface area contributed by atoms with E-state index < -0.39 is 18.1 Å². The standard InChI is InChI=1S/C34H39Cl2N7O6/c1-19(48-3)26(17-41-34(2,18-44)33(46)47)39-14-25(37)23-9-5-7-21(30(23)35)22-8-6-10-24(31(22)36)27-16-40-28(32(43-27)49-4)15-38-13-20-11-12-29(45)42-20/h5-10,14,16,20,38,41,44H,1,11-13,15,17-18,37H2,2-4H3,(H,42,45)(H,46,47)/b25-14-,39-26-/t20-,34?/m0/s1. The molecule has 1 aliphatic heterocycles. The second-order valence-electron chi connectivity index (χ2n) is 11.4. The molecule has 49 heavy (non-hydrogen) atoms. The van der Waals surface area contributed by atoms with Crippen molar-refractivity contribution in [3.63, 3.8) is 0 Å². The molecule has 13 nitrogen and oxygen atoms in total. The lowest BCUT2D eigenvalue weighted by molar-refractivity contribution is -0.145. The van der Waals surface area contributed by atoms with Crippen molar-refractivity contribution in [3.8, 4) is 28.3 Å². The third-order valence-corrected chi connectivity index (χ3v) is 8.82. The topological polar surface area (TPSA) is 193 Å². The number of carboxylic acid groups (broad SMARTS) is 1. The molecule has 1 amide bonds. The molecule has 4 rings (SSSR count). The summed E-state index contributed by atoms with van der Waals surface area (Å²) >= 11 is 13.9. The second kappa shape index (κ2) is 16.7. The van der Waals surface area contributed by atoms with Gasteiger partial charge >= 0.3 is 5.97 Å². The Morgan fingerprint density at radius 1 is 1.20 bits per heavy atom. The van der Waals surface area contributed by atoms with Crippen LogP contribution in [-0.2, 0) is 20.9 Å². The number of benzene rings is 2. The van der Waals surface area contributed by atoms with Crippen LogP contribution in [0.2, 0.25) is 10.0 Å². The molecule has 0 spiro atoms. The zero-order valence-electron chi connectivity index (χ0n) is 27.3. The Hall–Kier alpha value is -4.53. The molecule has 1 aromatic heterocycles. The first-order valence-electron chi connectivity index (χ1n) is 15.2. The molecule has 1 fully saturated rings. The number of hydrogen-bond donors (Lipinski definition) is 6. The number of hydrogen-bond acceptors (Lipinski definition) is 11. The quantitative estimate of drug-likeness (QED) is 0.0936. The minimum Gasteiger partial charge on any atom is -0.495 e. The average Bonchev–Trinajstić information content (AvgIpc) is 3.52. The van der Waals surface area contributed by atoms with Crippen molar-refractivity contribution in [2.45, 2.75) is 37.9 Å². The van der Waals surface area contributed by atoms with E-state index in [0.717, 1.165) is 6.42 Å². The first kappa shape index (κ1) is 37.3. The lowest BCUT2D eigenvalue weighted by atomic mass is 9.99. The van der Waals surface area contributed by atoms with Crippen LogP contribution in [0.25, 0.3) is 28.1 Å². The summed E-state index contributed by atoms with van der Waals surface area (Å²) < 4.78 is 10.8. The molecule has 7 N–H and O–H groups in total. The summed E-state index contributed by atoms with van der Waals surface area (Å²) in [6, 6.07) is 10.9. The highest BCUT2D eigenvalue weighted by atomic mass is 35.5. The summed E-state index contributed by atoms with van der Waals surface area (Å²) in [6.07, 6.45) is 4.31. The zero-order valence-corrected chi connectivity index (χ0v) is 28.9. The van der Waals surface area contributed by atoms with E-state index in [0.29, 0.717) is 69.1 Å². The van der Waals surface area contributed by atoms with Gasteiger partial charge in [-0.1, -0.05) is 66.2 Å². The number of aliphatic imine (C=N–C) groups is 1. The number of aromatic nitrogens is 2. The molecule has 2 atom stereocenters. The Morgan fingerprint density at radius 2 is 1.90 bits per heavy atom. The van der Waals surface area contributed by atoms with Crippen LogP contribution in [0.15, 0.2) is 66.1 Å². The van der Waals surface area contributed by atoms with Gasteiger partial charge in [-0.3, -0.25) is 24.9 Å². The lowest BCUT2D eigenvalue weighted by Gasteiger charge is -2.24. The lowest BCUT2D eigenvalue weighted by Crippen LogP contribution is -2.54. The number of aliphatic hydroxyl groups is 1. The number of amides is 1. The van der Waals surface area contributed by atoms with Crippen molar-refractivity contribution in [2.24, 2.45) is 10.7 Å². The molecule has 0 aliphatic carbocycles. The largest absolute Gasteiger partial charge is 0.495 e. The molecule has 0 bridgehead atoms. The number of aliphatic hydroxyl groups excluding tert-OH is 1. The highest BCUT2D eigenvalue weighted by Crippen LogP contribution is 2.40. The molecule has 15 heteroatoms. The van der Waals surface area contributed by atoms with Crippen LogP contribution in [-0.4, -0.2) is 83.3 Å². The first-order valence-corrected chi connectivity index (χ1v) is 16.0. The molecular formula is C34H39Cl2N7O6. The first-order chi connectivity index (χ1) is 23.4. The number of nitrogens with one attached hydrogen (secondary N) is 3. The second-order valence-corrected chi connectivity index (χ2v) is 12.2. The van der Waals surface area contributed by atoms with Crippen molar-refractivity contribution >= 4 is 46.5 Å². The van der Waals surface area contributed by atoms with Crippen molar-refractivity contribution in [3.05, 3.63) is 82.4 Å². The van der Waals surface area contributed by atoms with Gasteiger partial charge in [-0.25, -0.2) is 4.98 Å². The van der Waals surface area contributed by atoms with Gasteiger partial charge < -0.3 is 36.1 Å². The number of nitrogens with two attached hydrogens (primary N) is 1. The van der Waals surface area contributed by atoms with Crippen molar-refractivity contribution in [1.82, 2.24) is 25.9 Å². The Bertz CT molecular complexity index is 1780. The maximum atomic E-state index is 11.6. The van der Waals surface area contributed by atoms with E-state index in [1.54, 1.807) is 18.3 Å². The van der Waals surface area contributed by atoms with Crippen LogP contribution in [0.1, 0.15) is 31.0 Å². The summed E-state index contributed by atoms with van der Waals surface area (Å²) in [4.78, 5) is 36.7. The van der Waals surface area contributed by atoms with Gasteiger partial charge in [-0.15, -0.1) is 0 Å². The highest BCUT2D eigenvalue weighted by molar-refractivity contribution is 6.38. The minimum absolute atomic E-state index is 0.0603. The van der Waals surface area contributed by atoms with Crippen LogP contribution < -0.4 is 26.4 Å². The highest BCUT2D eigenvalue weighted by Gasteiger charge is 2.32. The third-order valence-electron chi connectivity index (χ3n) is 8.01. The van der Waals surface area contributed by atoms with E-state index in [4.69, 9.17) is 38.4 Å².